The number of hydrogen-bond acceptors (Lipinski definition) is 4. The summed E-state index contributed by atoms with van der Waals surface area (Å²) >= 11 is 6.09. The molecule has 2 unspecified atom stereocenters. The van der Waals surface area contributed by atoms with Crippen LogP contribution in [0.5, 0.6) is 5.75 Å². The van der Waals surface area contributed by atoms with Gasteiger partial charge >= 0.3 is 0 Å². The number of carbonyl (C=O) groups is 2. The van der Waals surface area contributed by atoms with Crippen LogP contribution in [0.3, 0.4) is 0 Å². The minimum Gasteiger partial charge on any atom is -0.488 e. The van der Waals surface area contributed by atoms with E-state index in [1.807, 2.05) is 6.92 Å². The monoisotopic (exact) mass is 292 g/mol. The summed E-state index contributed by atoms with van der Waals surface area (Å²) in [6, 6.07) is 3.32. The molecule has 1 aromatic carbocycles. The molecule has 1 amide bonds. The zero-order chi connectivity index (χ0) is 14.4. The van der Waals surface area contributed by atoms with Crippen LogP contribution in [0.15, 0.2) is 12.1 Å². The molecule has 2 heterocycles. The summed E-state index contributed by atoms with van der Waals surface area (Å²) in [5.41, 5.74) is 1.40. The zero-order valence-electron chi connectivity index (χ0n) is 10.8. The lowest BCUT2D eigenvalue weighted by atomic mass is 9.90. The van der Waals surface area contributed by atoms with Crippen molar-refractivity contribution >= 4 is 29.0 Å². The maximum absolute atomic E-state index is 11.7. The number of rotatable bonds is 2. The first-order valence-electron chi connectivity index (χ1n) is 6.36. The van der Waals surface area contributed by atoms with Gasteiger partial charge in [-0.25, -0.2) is 0 Å². The third-order valence-corrected chi connectivity index (χ3v) is 3.92. The maximum Gasteiger partial charge on any atom is 0.237 e. The van der Waals surface area contributed by atoms with Crippen molar-refractivity contribution in [2.75, 3.05) is 6.54 Å². The van der Waals surface area contributed by atoms with E-state index in [0.717, 1.165) is 5.56 Å². The van der Waals surface area contributed by atoms with Crippen LogP contribution in [0, 0.1) is 11.3 Å². The molecule has 0 spiro atoms. The molecule has 2 N–H and O–H groups in total. The van der Waals surface area contributed by atoms with Gasteiger partial charge < -0.3 is 15.5 Å². The standard InChI is InChI=1S/C14H13ClN2O3/c1-6-4-8-7(2-3-9(15)13(8)20-6)12(16)11-10(18)5-17-14(11)19/h2-3,6,11,16H,4-5H2,1H3,(H,17,19). The van der Waals surface area contributed by atoms with Crippen LogP contribution in [-0.4, -0.2) is 30.1 Å². The molecule has 0 aromatic heterocycles. The molecular formula is C14H13ClN2O3. The number of Topliss-reactive ketones (excluding diaryl/α,β-unsaturated/α-hetero) is 1. The largest absolute Gasteiger partial charge is 0.488 e. The Morgan fingerprint density at radius 3 is 2.85 bits per heavy atom. The number of carbonyl (C=O) groups excluding carboxylic acids is 2. The Hall–Kier alpha value is -1.88. The highest BCUT2D eigenvalue weighted by Gasteiger charge is 2.38. The highest BCUT2D eigenvalue weighted by molar-refractivity contribution is 6.33. The molecular weight excluding hydrogens is 280 g/mol. The fourth-order valence-electron chi connectivity index (χ4n) is 2.68. The van der Waals surface area contributed by atoms with Crippen LogP contribution >= 0.6 is 11.6 Å². The van der Waals surface area contributed by atoms with Crippen molar-refractivity contribution in [3.05, 3.63) is 28.3 Å². The summed E-state index contributed by atoms with van der Waals surface area (Å²) in [5.74, 6) is -1.13. The van der Waals surface area contributed by atoms with Crippen molar-refractivity contribution in [1.82, 2.24) is 5.32 Å². The van der Waals surface area contributed by atoms with E-state index >= 15 is 0 Å². The first kappa shape index (κ1) is 13.1. The zero-order valence-corrected chi connectivity index (χ0v) is 11.6. The molecule has 0 aliphatic carbocycles. The molecule has 0 bridgehead atoms. The highest BCUT2D eigenvalue weighted by Crippen LogP contribution is 2.39. The summed E-state index contributed by atoms with van der Waals surface area (Å²) in [6.07, 6.45) is 0.598. The second-order valence-corrected chi connectivity index (χ2v) is 5.47. The minimum atomic E-state index is -1.02. The molecule has 5 nitrogen and oxygen atoms in total. The molecule has 2 atom stereocenters. The number of nitrogens with one attached hydrogen (secondary N) is 2. The van der Waals surface area contributed by atoms with Gasteiger partial charge in [0, 0.05) is 17.5 Å². The summed E-state index contributed by atoms with van der Waals surface area (Å²) in [4.78, 5) is 23.5. The van der Waals surface area contributed by atoms with Crippen LogP contribution in [0.25, 0.3) is 0 Å². The predicted molar refractivity (Wildman–Crippen MR) is 73.6 cm³/mol. The number of halogens is 1. The summed E-state index contributed by atoms with van der Waals surface area (Å²) in [7, 11) is 0. The first-order chi connectivity index (χ1) is 9.49. The topological polar surface area (TPSA) is 79.3 Å². The average molecular weight is 293 g/mol. The molecule has 0 saturated carbocycles. The average Bonchev–Trinajstić information content (AvgIpc) is 2.93. The predicted octanol–water partition coefficient (Wildman–Crippen LogP) is 1.35. The lowest BCUT2D eigenvalue weighted by molar-refractivity contribution is -0.124. The second-order valence-electron chi connectivity index (χ2n) is 5.07. The van der Waals surface area contributed by atoms with E-state index < -0.39 is 11.8 Å². The van der Waals surface area contributed by atoms with Crippen molar-refractivity contribution in [3.8, 4) is 5.75 Å². The molecule has 0 radical (unpaired) electrons. The van der Waals surface area contributed by atoms with Crippen molar-refractivity contribution in [1.29, 1.82) is 5.41 Å². The SMILES string of the molecule is CC1Cc2c(C(=N)C3C(=O)CNC3=O)ccc(Cl)c2O1. The number of hydrogen-bond donors (Lipinski definition) is 2. The smallest absolute Gasteiger partial charge is 0.237 e. The molecule has 2 aliphatic rings. The Morgan fingerprint density at radius 2 is 2.20 bits per heavy atom. The Bertz CT molecular complexity index is 626. The molecule has 3 rings (SSSR count). The van der Waals surface area contributed by atoms with Crippen LogP contribution in [0.4, 0.5) is 0 Å². The summed E-state index contributed by atoms with van der Waals surface area (Å²) in [5, 5.41) is 11.2. The molecule has 20 heavy (non-hydrogen) atoms. The van der Waals surface area contributed by atoms with Gasteiger partial charge in [0.15, 0.2) is 5.78 Å². The van der Waals surface area contributed by atoms with E-state index in [1.54, 1.807) is 12.1 Å². The van der Waals surface area contributed by atoms with E-state index in [9.17, 15) is 9.59 Å². The fourth-order valence-corrected chi connectivity index (χ4v) is 2.91. The Labute approximate surface area is 120 Å². The van der Waals surface area contributed by atoms with Gasteiger partial charge in [-0.2, -0.15) is 0 Å². The van der Waals surface area contributed by atoms with Crippen LogP contribution in [0.2, 0.25) is 5.02 Å². The molecule has 1 aromatic rings. The number of ketones is 1. The summed E-state index contributed by atoms with van der Waals surface area (Å²) in [6.45, 7) is 1.91. The Kier molecular flexibility index (Phi) is 3.01. The van der Waals surface area contributed by atoms with Crippen molar-refractivity contribution in [3.63, 3.8) is 0 Å². The molecule has 6 heteroatoms. The number of benzene rings is 1. The van der Waals surface area contributed by atoms with Gasteiger partial charge in [0.2, 0.25) is 5.91 Å². The van der Waals surface area contributed by atoms with Gasteiger partial charge in [-0.1, -0.05) is 17.7 Å². The normalized spacial score (nSPS) is 24.3. The van der Waals surface area contributed by atoms with Crippen LogP contribution < -0.4 is 10.1 Å². The quantitative estimate of drug-likeness (QED) is 0.638. The molecule has 1 fully saturated rings. The van der Waals surface area contributed by atoms with Crippen molar-refractivity contribution in [2.45, 2.75) is 19.4 Å². The van der Waals surface area contributed by atoms with Gasteiger partial charge in [-0.3, -0.25) is 9.59 Å². The van der Waals surface area contributed by atoms with E-state index in [4.69, 9.17) is 21.7 Å². The molecule has 104 valence electrons. The second kappa shape index (κ2) is 4.59. The van der Waals surface area contributed by atoms with Gasteiger partial charge in [0.05, 0.1) is 17.3 Å². The lowest BCUT2D eigenvalue weighted by Crippen LogP contribution is -2.28. The van der Waals surface area contributed by atoms with E-state index in [1.165, 1.54) is 0 Å². The van der Waals surface area contributed by atoms with Gasteiger partial charge in [0.1, 0.15) is 17.8 Å². The molecule has 2 aliphatic heterocycles. The van der Waals surface area contributed by atoms with E-state index in [-0.39, 0.29) is 24.1 Å². The third-order valence-electron chi connectivity index (χ3n) is 3.62. The summed E-state index contributed by atoms with van der Waals surface area (Å²) < 4.78 is 5.63. The Morgan fingerprint density at radius 1 is 1.45 bits per heavy atom. The lowest BCUT2D eigenvalue weighted by Gasteiger charge is -2.12. The van der Waals surface area contributed by atoms with Gasteiger partial charge in [-0.15, -0.1) is 0 Å². The minimum absolute atomic E-state index is 0.00539. The Balaban J connectivity index is 2.04. The van der Waals surface area contributed by atoms with Gasteiger partial charge in [-0.05, 0) is 13.0 Å². The highest BCUT2D eigenvalue weighted by atomic mass is 35.5. The van der Waals surface area contributed by atoms with Gasteiger partial charge in [0.25, 0.3) is 0 Å². The molecule has 1 saturated heterocycles. The number of amides is 1. The van der Waals surface area contributed by atoms with Crippen LogP contribution in [0.1, 0.15) is 18.1 Å². The maximum atomic E-state index is 11.7. The fraction of sp³-hybridized carbons (Fsp3) is 0.357. The van der Waals surface area contributed by atoms with Crippen LogP contribution in [-0.2, 0) is 16.0 Å². The van der Waals surface area contributed by atoms with E-state index in [2.05, 4.69) is 5.32 Å². The number of ether oxygens (including phenoxy) is 1. The third kappa shape index (κ3) is 1.89. The van der Waals surface area contributed by atoms with E-state index in [0.29, 0.717) is 22.8 Å². The first-order valence-corrected chi connectivity index (χ1v) is 6.74. The van der Waals surface area contributed by atoms with Crippen molar-refractivity contribution < 1.29 is 14.3 Å². The number of fused-ring (bicyclic) bond motifs is 1. The van der Waals surface area contributed by atoms with Crippen molar-refractivity contribution in [2.24, 2.45) is 5.92 Å².